The zero-order valence-electron chi connectivity index (χ0n) is 15.9. The normalized spacial score (nSPS) is 13.4. The van der Waals surface area contributed by atoms with Gasteiger partial charge in [-0.1, -0.05) is 34.1 Å². The Kier molecular flexibility index (Phi) is 5.22. The molecule has 6 heteroatoms. The highest BCUT2D eigenvalue weighted by molar-refractivity contribution is 9.10. The molecule has 5 nitrogen and oxygen atoms in total. The van der Waals surface area contributed by atoms with Crippen molar-refractivity contribution in [3.63, 3.8) is 0 Å². The molecule has 1 aromatic heterocycles. The van der Waals surface area contributed by atoms with E-state index in [0.29, 0.717) is 18.2 Å². The molecular weight excluding hydrogens is 418 g/mol. The number of carbonyl (C=O) groups excluding carboxylic acids is 1. The van der Waals surface area contributed by atoms with Crippen LogP contribution in [0.3, 0.4) is 0 Å². The predicted molar refractivity (Wildman–Crippen MR) is 112 cm³/mol. The molecule has 0 atom stereocenters. The number of para-hydroxylation sites is 1. The lowest BCUT2D eigenvalue weighted by molar-refractivity contribution is 0.0775. The number of halogens is 1. The van der Waals surface area contributed by atoms with Crippen LogP contribution >= 0.6 is 15.9 Å². The number of hydrogen-bond donors (Lipinski definition) is 0. The van der Waals surface area contributed by atoms with Crippen molar-refractivity contribution in [2.45, 2.75) is 25.3 Å². The standard InChI is InChI=1S/C22H22BrN3O2/c1-25(14-16-12-17(23)10-11-21(16)28-2)22(27)20-13-19(15-8-9-15)24-26(20)18-6-4-3-5-7-18/h3-7,10-13,15H,8-9,14H2,1-2H3. The van der Waals surface area contributed by atoms with Crippen molar-refractivity contribution < 1.29 is 9.53 Å². The second kappa shape index (κ2) is 7.80. The number of methoxy groups -OCH3 is 1. The number of benzene rings is 2. The fourth-order valence-corrected chi connectivity index (χ4v) is 3.70. The molecule has 0 N–H and O–H groups in total. The van der Waals surface area contributed by atoms with Crippen LogP contribution < -0.4 is 4.74 Å². The fourth-order valence-electron chi connectivity index (χ4n) is 3.29. The largest absolute Gasteiger partial charge is 0.496 e. The molecule has 0 aliphatic heterocycles. The Morgan fingerprint density at radius 3 is 2.64 bits per heavy atom. The predicted octanol–water partition coefficient (Wildman–Crippen LogP) is 4.79. The van der Waals surface area contributed by atoms with Crippen LogP contribution in [-0.4, -0.2) is 34.7 Å². The highest BCUT2D eigenvalue weighted by Gasteiger charge is 2.30. The average molecular weight is 440 g/mol. The fraction of sp³-hybridized carbons (Fsp3) is 0.273. The molecular formula is C22H22BrN3O2. The molecule has 1 aliphatic rings. The van der Waals surface area contributed by atoms with Gasteiger partial charge < -0.3 is 9.64 Å². The van der Waals surface area contributed by atoms with Crippen molar-refractivity contribution >= 4 is 21.8 Å². The monoisotopic (exact) mass is 439 g/mol. The Morgan fingerprint density at radius 2 is 1.96 bits per heavy atom. The Labute approximate surface area is 173 Å². The second-order valence-electron chi connectivity index (χ2n) is 7.09. The molecule has 1 fully saturated rings. The summed E-state index contributed by atoms with van der Waals surface area (Å²) in [7, 11) is 3.45. The minimum Gasteiger partial charge on any atom is -0.496 e. The minimum absolute atomic E-state index is 0.0646. The molecule has 28 heavy (non-hydrogen) atoms. The molecule has 4 rings (SSSR count). The van der Waals surface area contributed by atoms with Crippen LogP contribution in [0.25, 0.3) is 5.69 Å². The van der Waals surface area contributed by atoms with E-state index in [1.165, 1.54) is 0 Å². The molecule has 0 radical (unpaired) electrons. The van der Waals surface area contributed by atoms with E-state index in [0.717, 1.165) is 40.0 Å². The van der Waals surface area contributed by atoms with Gasteiger partial charge in [0.15, 0.2) is 0 Å². The lowest BCUT2D eigenvalue weighted by atomic mass is 10.2. The molecule has 0 saturated heterocycles. The minimum atomic E-state index is -0.0646. The molecule has 1 saturated carbocycles. The first-order valence-corrected chi connectivity index (χ1v) is 10.1. The molecule has 1 aliphatic carbocycles. The number of ether oxygens (including phenoxy) is 1. The van der Waals surface area contributed by atoms with Crippen LogP contribution in [0.5, 0.6) is 5.75 Å². The highest BCUT2D eigenvalue weighted by atomic mass is 79.9. The van der Waals surface area contributed by atoms with Crippen LogP contribution in [0, 0.1) is 0 Å². The van der Waals surface area contributed by atoms with Crippen LogP contribution in [0.4, 0.5) is 0 Å². The number of hydrogen-bond acceptors (Lipinski definition) is 3. The van der Waals surface area contributed by atoms with Crippen LogP contribution in [0.1, 0.15) is 40.5 Å². The van der Waals surface area contributed by atoms with Gasteiger partial charge in [0.2, 0.25) is 0 Å². The maximum absolute atomic E-state index is 13.3. The summed E-state index contributed by atoms with van der Waals surface area (Å²) in [5.74, 6) is 1.18. The van der Waals surface area contributed by atoms with Crippen LogP contribution in [-0.2, 0) is 6.54 Å². The average Bonchev–Trinajstić information content (AvgIpc) is 3.47. The zero-order chi connectivity index (χ0) is 19.7. The van der Waals surface area contributed by atoms with Gasteiger partial charge in [-0.05, 0) is 49.2 Å². The number of rotatable bonds is 6. The van der Waals surface area contributed by atoms with Gasteiger partial charge in [-0.2, -0.15) is 5.10 Å². The summed E-state index contributed by atoms with van der Waals surface area (Å²) in [5.41, 5.74) is 3.43. The van der Waals surface area contributed by atoms with Crippen LogP contribution in [0.2, 0.25) is 0 Å². The third-order valence-electron chi connectivity index (χ3n) is 4.94. The second-order valence-corrected chi connectivity index (χ2v) is 8.01. The van der Waals surface area contributed by atoms with Crippen molar-refractivity contribution in [3.05, 3.63) is 76.0 Å². The summed E-state index contributed by atoms with van der Waals surface area (Å²) in [6.45, 7) is 0.445. The van der Waals surface area contributed by atoms with Crippen molar-refractivity contribution in [2.75, 3.05) is 14.2 Å². The highest BCUT2D eigenvalue weighted by Crippen LogP contribution is 2.40. The molecule has 1 amide bonds. The topological polar surface area (TPSA) is 47.4 Å². The van der Waals surface area contributed by atoms with E-state index in [1.807, 2.05) is 61.6 Å². The Bertz CT molecular complexity index is 996. The van der Waals surface area contributed by atoms with Gasteiger partial charge in [0.05, 0.1) is 18.5 Å². The summed E-state index contributed by atoms with van der Waals surface area (Å²) in [5, 5.41) is 4.74. The van der Waals surface area contributed by atoms with Gasteiger partial charge in [0, 0.05) is 29.5 Å². The molecule has 1 heterocycles. The lowest BCUT2D eigenvalue weighted by Crippen LogP contribution is -2.28. The molecule has 144 valence electrons. The van der Waals surface area contributed by atoms with E-state index < -0.39 is 0 Å². The SMILES string of the molecule is COc1ccc(Br)cc1CN(C)C(=O)c1cc(C2CC2)nn1-c1ccccc1. The van der Waals surface area contributed by atoms with E-state index >= 15 is 0 Å². The number of amides is 1. The smallest absolute Gasteiger partial charge is 0.272 e. The summed E-state index contributed by atoms with van der Waals surface area (Å²) in [4.78, 5) is 15.0. The van der Waals surface area contributed by atoms with Gasteiger partial charge >= 0.3 is 0 Å². The first-order chi connectivity index (χ1) is 13.6. The van der Waals surface area contributed by atoms with Gasteiger partial charge in [-0.25, -0.2) is 4.68 Å². The Hall–Kier alpha value is -2.60. The van der Waals surface area contributed by atoms with E-state index in [-0.39, 0.29) is 5.91 Å². The maximum atomic E-state index is 13.3. The van der Waals surface area contributed by atoms with Crippen LogP contribution in [0.15, 0.2) is 59.1 Å². The van der Waals surface area contributed by atoms with Gasteiger partial charge in [-0.15, -0.1) is 0 Å². The van der Waals surface area contributed by atoms with E-state index in [2.05, 4.69) is 15.9 Å². The molecule has 3 aromatic rings. The van der Waals surface area contributed by atoms with Crippen molar-refractivity contribution in [2.24, 2.45) is 0 Å². The summed E-state index contributed by atoms with van der Waals surface area (Å²) < 4.78 is 8.17. The van der Waals surface area contributed by atoms with Crippen molar-refractivity contribution in [1.82, 2.24) is 14.7 Å². The number of nitrogens with zero attached hydrogens (tertiary/aromatic N) is 3. The third-order valence-corrected chi connectivity index (χ3v) is 5.43. The molecule has 0 spiro atoms. The van der Waals surface area contributed by atoms with E-state index in [9.17, 15) is 4.79 Å². The first-order valence-electron chi connectivity index (χ1n) is 9.30. The quantitative estimate of drug-likeness (QED) is 0.554. The summed E-state index contributed by atoms with van der Waals surface area (Å²) >= 11 is 3.49. The van der Waals surface area contributed by atoms with E-state index in [4.69, 9.17) is 9.84 Å². The maximum Gasteiger partial charge on any atom is 0.272 e. The molecule has 2 aromatic carbocycles. The van der Waals surface area contributed by atoms with Gasteiger partial charge in [0.25, 0.3) is 5.91 Å². The lowest BCUT2D eigenvalue weighted by Gasteiger charge is -2.19. The molecule has 0 bridgehead atoms. The number of carbonyl (C=O) groups is 1. The van der Waals surface area contributed by atoms with Gasteiger partial charge in [-0.3, -0.25) is 4.79 Å². The van der Waals surface area contributed by atoms with Crippen molar-refractivity contribution in [1.29, 1.82) is 0 Å². The Morgan fingerprint density at radius 1 is 1.21 bits per heavy atom. The van der Waals surface area contributed by atoms with Crippen molar-refractivity contribution in [3.8, 4) is 11.4 Å². The third kappa shape index (κ3) is 3.83. The summed E-state index contributed by atoms with van der Waals surface area (Å²) in [6.07, 6.45) is 2.29. The van der Waals surface area contributed by atoms with E-state index in [1.54, 1.807) is 16.7 Å². The van der Waals surface area contributed by atoms with Gasteiger partial charge in [0.1, 0.15) is 11.4 Å². The Balaban J connectivity index is 1.65. The molecule has 0 unspecified atom stereocenters. The summed E-state index contributed by atoms with van der Waals surface area (Å²) in [6, 6.07) is 17.6. The first kappa shape index (κ1) is 18.7. The number of aromatic nitrogens is 2. The zero-order valence-corrected chi connectivity index (χ0v) is 17.5.